The minimum atomic E-state index is -0.736. The predicted octanol–water partition coefficient (Wildman–Crippen LogP) is 3.60. The van der Waals surface area contributed by atoms with Gasteiger partial charge in [0.15, 0.2) is 0 Å². The molecule has 0 saturated carbocycles. The SMILES string of the molecule is C=CCN1C(=O)NC(c2ccccc2Cl)C(C(=O)OCC)=C1CN1CCN(C(=O)CC(C)C)CC1. The molecule has 1 aromatic rings. The summed E-state index contributed by atoms with van der Waals surface area (Å²) >= 11 is 6.47. The van der Waals surface area contributed by atoms with Gasteiger partial charge in [-0.05, 0) is 24.5 Å². The Hall–Kier alpha value is -2.84. The van der Waals surface area contributed by atoms with Crippen LogP contribution >= 0.6 is 11.6 Å². The third-order valence-electron chi connectivity index (χ3n) is 6.14. The fourth-order valence-electron chi connectivity index (χ4n) is 4.43. The van der Waals surface area contributed by atoms with Crippen LogP contribution in [0.3, 0.4) is 0 Å². The van der Waals surface area contributed by atoms with E-state index in [4.69, 9.17) is 16.3 Å². The van der Waals surface area contributed by atoms with Crippen molar-refractivity contribution in [2.24, 2.45) is 5.92 Å². The Morgan fingerprint density at radius 3 is 2.51 bits per heavy atom. The molecule has 0 aromatic heterocycles. The molecule has 1 aromatic carbocycles. The minimum Gasteiger partial charge on any atom is -0.463 e. The number of hydrogen-bond acceptors (Lipinski definition) is 5. The molecule has 8 nitrogen and oxygen atoms in total. The summed E-state index contributed by atoms with van der Waals surface area (Å²) in [7, 11) is 0. The summed E-state index contributed by atoms with van der Waals surface area (Å²) < 4.78 is 5.42. The van der Waals surface area contributed by atoms with Gasteiger partial charge in [-0.15, -0.1) is 6.58 Å². The van der Waals surface area contributed by atoms with E-state index in [2.05, 4.69) is 16.8 Å². The fraction of sp³-hybridized carbons (Fsp3) is 0.500. The number of urea groups is 1. The van der Waals surface area contributed by atoms with Crippen LogP contribution in [0.5, 0.6) is 0 Å². The molecule has 1 fully saturated rings. The largest absolute Gasteiger partial charge is 0.463 e. The highest BCUT2D eigenvalue weighted by Crippen LogP contribution is 2.35. The van der Waals surface area contributed by atoms with Gasteiger partial charge >= 0.3 is 12.0 Å². The van der Waals surface area contributed by atoms with Crippen molar-refractivity contribution in [2.75, 3.05) is 45.9 Å². The first-order valence-corrected chi connectivity index (χ1v) is 12.5. The number of amides is 3. The van der Waals surface area contributed by atoms with Gasteiger partial charge in [0.05, 0.1) is 18.2 Å². The summed E-state index contributed by atoms with van der Waals surface area (Å²) in [6.45, 7) is 12.9. The summed E-state index contributed by atoms with van der Waals surface area (Å²) in [6.07, 6.45) is 2.16. The van der Waals surface area contributed by atoms with Gasteiger partial charge in [-0.2, -0.15) is 0 Å². The van der Waals surface area contributed by atoms with Crippen molar-refractivity contribution >= 4 is 29.5 Å². The number of carbonyl (C=O) groups is 3. The molecule has 2 aliphatic rings. The topological polar surface area (TPSA) is 82.2 Å². The molecule has 0 bridgehead atoms. The van der Waals surface area contributed by atoms with Crippen LogP contribution in [-0.4, -0.2) is 78.5 Å². The van der Waals surface area contributed by atoms with E-state index in [1.807, 2.05) is 24.8 Å². The van der Waals surface area contributed by atoms with E-state index in [1.165, 1.54) is 4.90 Å². The number of nitrogens with one attached hydrogen (secondary N) is 1. The van der Waals surface area contributed by atoms with Crippen molar-refractivity contribution in [3.8, 4) is 0 Å². The molecule has 3 amide bonds. The first-order valence-electron chi connectivity index (χ1n) is 12.1. The second kappa shape index (κ2) is 12.2. The van der Waals surface area contributed by atoms with Gasteiger partial charge in [-0.3, -0.25) is 14.6 Å². The third-order valence-corrected chi connectivity index (χ3v) is 6.49. The van der Waals surface area contributed by atoms with Crippen molar-refractivity contribution in [3.05, 3.63) is 58.8 Å². The number of nitrogens with zero attached hydrogens (tertiary/aromatic N) is 3. The molecule has 3 rings (SSSR count). The van der Waals surface area contributed by atoms with E-state index in [-0.39, 0.29) is 25.1 Å². The zero-order valence-corrected chi connectivity index (χ0v) is 21.5. The van der Waals surface area contributed by atoms with Crippen molar-refractivity contribution < 1.29 is 19.1 Å². The van der Waals surface area contributed by atoms with Crippen LogP contribution in [0, 0.1) is 5.92 Å². The van der Waals surface area contributed by atoms with E-state index in [0.717, 1.165) is 0 Å². The number of halogens is 1. The second-order valence-electron chi connectivity index (χ2n) is 9.14. The lowest BCUT2D eigenvalue weighted by Crippen LogP contribution is -2.54. The van der Waals surface area contributed by atoms with Crippen LogP contribution in [0.15, 0.2) is 48.2 Å². The lowest BCUT2D eigenvalue weighted by Gasteiger charge is -2.40. The molecular weight excluding hydrogens is 468 g/mol. The Labute approximate surface area is 212 Å². The number of rotatable bonds is 9. The van der Waals surface area contributed by atoms with Crippen LogP contribution in [0.1, 0.15) is 38.8 Å². The summed E-state index contributed by atoms with van der Waals surface area (Å²) in [4.78, 5) is 44.5. The normalized spacial score (nSPS) is 19.1. The average Bonchev–Trinajstić information content (AvgIpc) is 2.81. The Balaban J connectivity index is 1.95. The summed E-state index contributed by atoms with van der Waals surface area (Å²) in [6, 6.07) is 6.08. The average molecular weight is 503 g/mol. The summed E-state index contributed by atoms with van der Waals surface area (Å²) in [5, 5.41) is 3.38. The molecule has 0 spiro atoms. The summed E-state index contributed by atoms with van der Waals surface area (Å²) in [5.41, 5.74) is 1.56. The number of hydrogen-bond donors (Lipinski definition) is 1. The van der Waals surface area contributed by atoms with Gasteiger partial charge in [0.2, 0.25) is 5.91 Å². The van der Waals surface area contributed by atoms with Gasteiger partial charge < -0.3 is 15.0 Å². The zero-order valence-electron chi connectivity index (χ0n) is 20.8. The van der Waals surface area contributed by atoms with E-state index < -0.39 is 12.0 Å². The minimum absolute atomic E-state index is 0.162. The lowest BCUT2D eigenvalue weighted by molar-refractivity contribution is -0.139. The van der Waals surface area contributed by atoms with Gasteiger partial charge in [-0.1, -0.05) is 49.7 Å². The highest BCUT2D eigenvalue weighted by molar-refractivity contribution is 6.31. The third kappa shape index (κ3) is 6.44. The molecule has 1 atom stereocenters. The van der Waals surface area contributed by atoms with Crippen LogP contribution in [-0.2, 0) is 14.3 Å². The van der Waals surface area contributed by atoms with Crippen molar-refractivity contribution in [1.82, 2.24) is 20.0 Å². The molecule has 190 valence electrons. The Morgan fingerprint density at radius 2 is 1.91 bits per heavy atom. The van der Waals surface area contributed by atoms with Crippen molar-refractivity contribution in [2.45, 2.75) is 33.2 Å². The van der Waals surface area contributed by atoms with Gasteiger partial charge in [0.25, 0.3) is 0 Å². The maximum Gasteiger partial charge on any atom is 0.338 e. The molecule has 2 heterocycles. The highest BCUT2D eigenvalue weighted by atomic mass is 35.5. The molecule has 1 saturated heterocycles. The van der Waals surface area contributed by atoms with Gasteiger partial charge in [0, 0.05) is 56.4 Å². The molecule has 35 heavy (non-hydrogen) atoms. The lowest BCUT2D eigenvalue weighted by atomic mass is 9.94. The first kappa shape index (κ1) is 26.8. The van der Waals surface area contributed by atoms with E-state index in [1.54, 1.807) is 31.2 Å². The molecular formula is C26H35ClN4O4. The molecule has 1 unspecified atom stereocenters. The molecule has 2 aliphatic heterocycles. The van der Waals surface area contributed by atoms with Crippen LogP contribution < -0.4 is 5.32 Å². The fourth-order valence-corrected chi connectivity index (χ4v) is 4.68. The predicted molar refractivity (Wildman–Crippen MR) is 136 cm³/mol. The van der Waals surface area contributed by atoms with Crippen molar-refractivity contribution in [3.63, 3.8) is 0 Å². The van der Waals surface area contributed by atoms with E-state index in [9.17, 15) is 14.4 Å². The second-order valence-corrected chi connectivity index (χ2v) is 9.55. The number of carbonyl (C=O) groups excluding carboxylic acids is 3. The van der Waals surface area contributed by atoms with E-state index in [0.29, 0.717) is 66.9 Å². The highest BCUT2D eigenvalue weighted by Gasteiger charge is 2.39. The van der Waals surface area contributed by atoms with Crippen LogP contribution in [0.4, 0.5) is 4.79 Å². The van der Waals surface area contributed by atoms with Crippen LogP contribution in [0.2, 0.25) is 5.02 Å². The van der Waals surface area contributed by atoms with Crippen molar-refractivity contribution in [1.29, 1.82) is 0 Å². The smallest absolute Gasteiger partial charge is 0.338 e. The van der Waals surface area contributed by atoms with Gasteiger partial charge in [0.1, 0.15) is 0 Å². The molecule has 9 heteroatoms. The number of benzene rings is 1. The van der Waals surface area contributed by atoms with Gasteiger partial charge in [-0.25, -0.2) is 9.59 Å². The van der Waals surface area contributed by atoms with E-state index >= 15 is 0 Å². The quantitative estimate of drug-likeness (QED) is 0.412. The number of ether oxygens (including phenoxy) is 1. The number of piperazine rings is 1. The Kier molecular flexibility index (Phi) is 9.34. The monoisotopic (exact) mass is 502 g/mol. The maximum absolute atomic E-state index is 13.2. The Bertz CT molecular complexity index is 985. The molecule has 0 radical (unpaired) electrons. The zero-order chi connectivity index (χ0) is 25.5. The van der Waals surface area contributed by atoms with Crippen LogP contribution in [0.25, 0.3) is 0 Å². The standard InChI is InChI=1S/C26H35ClN4O4/c1-5-11-31-21(17-29-12-14-30(15-13-29)22(32)16-18(3)4)23(25(33)35-6-2)24(28-26(31)34)19-9-7-8-10-20(19)27/h5,7-10,18,24H,1,6,11-17H2,2-4H3,(H,28,34). The molecule has 1 N–H and O–H groups in total. The maximum atomic E-state index is 13.2. The molecule has 0 aliphatic carbocycles. The number of esters is 1. The first-order chi connectivity index (χ1) is 16.8. The summed E-state index contributed by atoms with van der Waals surface area (Å²) in [5.74, 6) is -0.0183. The Morgan fingerprint density at radius 1 is 1.23 bits per heavy atom.